The summed E-state index contributed by atoms with van der Waals surface area (Å²) in [5, 5.41) is 21.7. The molecule has 140 valence electrons. The zero-order chi connectivity index (χ0) is 19.4. The zero-order valence-electron chi connectivity index (χ0n) is 14.5. The molecule has 3 rings (SSSR count). The third-order valence-electron chi connectivity index (χ3n) is 3.88. The minimum atomic E-state index is -0.629. The highest BCUT2D eigenvalue weighted by Crippen LogP contribution is 2.21. The monoisotopic (exact) mass is 388 g/mol. The summed E-state index contributed by atoms with van der Waals surface area (Å²) in [6.07, 6.45) is 3.26. The Bertz CT molecular complexity index is 963. The second-order valence-electron chi connectivity index (χ2n) is 5.80. The molecule has 0 aliphatic heterocycles. The molecule has 0 atom stereocenters. The van der Waals surface area contributed by atoms with Crippen LogP contribution in [0.4, 0.5) is 5.82 Å². The molecule has 27 heavy (non-hydrogen) atoms. The van der Waals surface area contributed by atoms with Gasteiger partial charge in [-0.2, -0.15) is 9.78 Å². The summed E-state index contributed by atoms with van der Waals surface area (Å²) in [4.78, 5) is 22.4. The van der Waals surface area contributed by atoms with E-state index in [1.807, 2.05) is 19.2 Å². The lowest BCUT2D eigenvalue weighted by atomic mass is 10.1. The first-order chi connectivity index (χ1) is 13.0. The minimum absolute atomic E-state index is 0.0125. The Labute approximate surface area is 159 Å². The second-order valence-corrected chi connectivity index (χ2v) is 6.20. The number of nitrogens with zero attached hydrogens (tertiary/aromatic N) is 5. The lowest BCUT2D eigenvalue weighted by Crippen LogP contribution is -2.23. The van der Waals surface area contributed by atoms with Crippen molar-refractivity contribution in [1.29, 1.82) is 0 Å². The van der Waals surface area contributed by atoms with Crippen molar-refractivity contribution in [3.05, 3.63) is 74.7 Å². The van der Waals surface area contributed by atoms with Gasteiger partial charge < -0.3 is 15.4 Å². The van der Waals surface area contributed by atoms with Crippen molar-refractivity contribution in [3.63, 3.8) is 0 Å². The Hall–Kier alpha value is -3.20. The number of benzene rings is 1. The maximum absolute atomic E-state index is 12.2. The third kappa shape index (κ3) is 4.50. The molecule has 9 nitrogen and oxygen atoms in total. The summed E-state index contributed by atoms with van der Waals surface area (Å²) in [7, 11) is 0. The summed E-state index contributed by atoms with van der Waals surface area (Å²) in [6, 6.07) is 8.77. The number of aromatic nitrogens is 4. The molecule has 0 spiro atoms. The maximum atomic E-state index is 12.2. The van der Waals surface area contributed by atoms with Gasteiger partial charge >= 0.3 is 5.82 Å². The van der Waals surface area contributed by atoms with Crippen LogP contribution in [0.25, 0.3) is 0 Å². The van der Waals surface area contributed by atoms with Crippen molar-refractivity contribution in [3.8, 4) is 0 Å². The van der Waals surface area contributed by atoms with Gasteiger partial charge in [0.15, 0.2) is 5.02 Å². The molecular formula is C17H17ClN6O3. The number of carbonyl (C=O) groups excluding carboxylic acids is 1. The number of hydrogen-bond donors (Lipinski definition) is 1. The van der Waals surface area contributed by atoms with Crippen molar-refractivity contribution in [2.45, 2.75) is 26.6 Å². The smallest absolute Gasteiger partial charge is 0.358 e. The fourth-order valence-electron chi connectivity index (χ4n) is 2.49. The van der Waals surface area contributed by atoms with Gasteiger partial charge in [0.1, 0.15) is 0 Å². The van der Waals surface area contributed by atoms with Gasteiger partial charge in [-0.1, -0.05) is 23.7 Å². The number of halogens is 1. The van der Waals surface area contributed by atoms with Gasteiger partial charge in [0.2, 0.25) is 0 Å². The van der Waals surface area contributed by atoms with Crippen LogP contribution in [0.15, 0.2) is 42.7 Å². The minimum Gasteiger partial charge on any atom is -0.358 e. The quantitative estimate of drug-likeness (QED) is 0.494. The summed E-state index contributed by atoms with van der Waals surface area (Å²) in [6.45, 7) is 3.43. The summed E-state index contributed by atoms with van der Waals surface area (Å²) in [5.41, 5.74) is 2.14. The molecule has 1 amide bonds. The van der Waals surface area contributed by atoms with Gasteiger partial charge in [0.25, 0.3) is 5.91 Å². The predicted molar refractivity (Wildman–Crippen MR) is 98.5 cm³/mol. The van der Waals surface area contributed by atoms with Crippen molar-refractivity contribution in [1.82, 2.24) is 24.9 Å². The normalized spacial score (nSPS) is 10.7. The molecular weight excluding hydrogens is 372 g/mol. The number of hydrogen-bond acceptors (Lipinski definition) is 5. The van der Waals surface area contributed by atoms with E-state index in [9.17, 15) is 14.9 Å². The Morgan fingerprint density at radius 1 is 1.22 bits per heavy atom. The lowest BCUT2D eigenvalue weighted by molar-refractivity contribution is -0.389. The van der Waals surface area contributed by atoms with E-state index in [2.05, 4.69) is 15.5 Å². The molecule has 3 aromatic rings. The van der Waals surface area contributed by atoms with E-state index in [1.165, 1.54) is 10.9 Å². The maximum Gasteiger partial charge on any atom is 0.408 e. The van der Waals surface area contributed by atoms with E-state index in [-0.39, 0.29) is 16.7 Å². The molecule has 2 aromatic heterocycles. The van der Waals surface area contributed by atoms with Gasteiger partial charge in [0, 0.05) is 18.3 Å². The van der Waals surface area contributed by atoms with Crippen LogP contribution in [0.1, 0.15) is 28.5 Å². The van der Waals surface area contributed by atoms with Crippen LogP contribution in [-0.4, -0.2) is 30.4 Å². The molecule has 0 saturated heterocycles. The van der Waals surface area contributed by atoms with Crippen molar-refractivity contribution in [2.75, 3.05) is 0 Å². The third-order valence-corrected chi connectivity index (χ3v) is 4.15. The molecule has 0 aliphatic rings. The molecule has 0 saturated carbocycles. The summed E-state index contributed by atoms with van der Waals surface area (Å²) < 4.78 is 3.18. The van der Waals surface area contributed by atoms with Gasteiger partial charge in [-0.25, -0.2) is 0 Å². The highest BCUT2D eigenvalue weighted by atomic mass is 35.5. The van der Waals surface area contributed by atoms with Crippen molar-refractivity contribution >= 4 is 23.3 Å². The standard InChI is InChI=1S/C17H17ClN6O3/c1-2-22-8-7-14(20-22)9-19-17(25)13-5-3-12(4-6-13)10-23-11-15(18)16(21-23)24(26)27/h3-8,11H,2,9-10H2,1H3,(H,19,25). The highest BCUT2D eigenvalue weighted by molar-refractivity contribution is 6.32. The van der Waals surface area contributed by atoms with Crippen LogP contribution in [0.5, 0.6) is 0 Å². The van der Waals surface area contributed by atoms with E-state index < -0.39 is 4.92 Å². The second kappa shape index (κ2) is 8.00. The number of rotatable bonds is 7. The molecule has 0 fully saturated rings. The Balaban J connectivity index is 1.60. The Kier molecular flexibility index (Phi) is 5.51. The number of carbonyl (C=O) groups is 1. The Morgan fingerprint density at radius 2 is 1.96 bits per heavy atom. The SMILES string of the molecule is CCn1ccc(CNC(=O)c2ccc(Cn3cc(Cl)c([N+](=O)[O-])n3)cc2)n1. The zero-order valence-corrected chi connectivity index (χ0v) is 15.3. The van der Waals surface area contributed by atoms with Crippen LogP contribution < -0.4 is 5.32 Å². The number of amides is 1. The van der Waals surface area contributed by atoms with Crippen LogP contribution in [0.2, 0.25) is 5.02 Å². The van der Waals surface area contributed by atoms with Gasteiger partial charge in [-0.3, -0.25) is 9.48 Å². The average molecular weight is 389 g/mol. The largest absolute Gasteiger partial charge is 0.408 e. The molecule has 0 unspecified atom stereocenters. The number of aryl methyl sites for hydroxylation is 1. The average Bonchev–Trinajstić information content (AvgIpc) is 3.26. The van der Waals surface area contributed by atoms with Gasteiger partial charge in [-0.05, 0) is 35.6 Å². The van der Waals surface area contributed by atoms with Crippen molar-refractivity contribution in [2.24, 2.45) is 0 Å². The first-order valence-electron chi connectivity index (χ1n) is 8.23. The number of nitro groups is 1. The topological polar surface area (TPSA) is 108 Å². The van der Waals surface area contributed by atoms with E-state index >= 15 is 0 Å². The summed E-state index contributed by atoms with van der Waals surface area (Å²) >= 11 is 5.78. The van der Waals surface area contributed by atoms with E-state index in [4.69, 9.17) is 11.6 Å². The molecule has 0 aliphatic carbocycles. The first kappa shape index (κ1) is 18.6. The molecule has 0 radical (unpaired) electrons. The van der Waals surface area contributed by atoms with Gasteiger partial charge in [0.05, 0.1) is 30.1 Å². The fraction of sp³-hybridized carbons (Fsp3) is 0.235. The molecule has 1 N–H and O–H groups in total. The van der Waals surface area contributed by atoms with Crippen molar-refractivity contribution < 1.29 is 9.72 Å². The Morgan fingerprint density at radius 3 is 2.56 bits per heavy atom. The fourth-order valence-corrected chi connectivity index (χ4v) is 2.71. The van der Waals surface area contributed by atoms with E-state index in [0.29, 0.717) is 18.7 Å². The van der Waals surface area contributed by atoms with E-state index in [1.54, 1.807) is 28.9 Å². The molecule has 10 heteroatoms. The summed E-state index contributed by atoms with van der Waals surface area (Å²) in [5.74, 6) is -0.580. The highest BCUT2D eigenvalue weighted by Gasteiger charge is 2.19. The van der Waals surface area contributed by atoms with E-state index in [0.717, 1.165) is 17.8 Å². The van der Waals surface area contributed by atoms with Gasteiger partial charge in [-0.15, -0.1) is 0 Å². The molecule has 0 bridgehead atoms. The predicted octanol–water partition coefficient (Wildman–Crippen LogP) is 2.64. The number of nitrogens with one attached hydrogen (secondary N) is 1. The van der Waals surface area contributed by atoms with Crippen LogP contribution >= 0.6 is 11.6 Å². The van der Waals surface area contributed by atoms with Crippen LogP contribution in [0.3, 0.4) is 0 Å². The van der Waals surface area contributed by atoms with Crippen LogP contribution in [0, 0.1) is 10.1 Å². The van der Waals surface area contributed by atoms with Crippen LogP contribution in [-0.2, 0) is 19.6 Å². The molecule has 1 aromatic carbocycles. The molecule has 2 heterocycles. The first-order valence-corrected chi connectivity index (χ1v) is 8.61. The lowest BCUT2D eigenvalue weighted by Gasteiger charge is -2.05.